The summed E-state index contributed by atoms with van der Waals surface area (Å²) in [6.45, 7) is 4.45. The molecule has 0 saturated carbocycles. The lowest BCUT2D eigenvalue weighted by molar-refractivity contribution is -0.305. The van der Waals surface area contributed by atoms with Crippen LogP contribution in [0.25, 0.3) is 0 Å². The molecule has 6 unspecified atom stereocenters. The maximum atomic E-state index is 12.8. The van der Waals surface area contributed by atoms with Gasteiger partial charge in [-0.1, -0.05) is 203 Å². The first-order chi connectivity index (χ1) is 31.9. The van der Waals surface area contributed by atoms with E-state index in [9.17, 15) is 25.2 Å². The third-order valence-corrected chi connectivity index (χ3v) is 12.2. The summed E-state index contributed by atoms with van der Waals surface area (Å²) < 4.78 is 22.9. The van der Waals surface area contributed by atoms with E-state index < -0.39 is 43.4 Å². The van der Waals surface area contributed by atoms with Crippen molar-refractivity contribution in [1.82, 2.24) is 0 Å². The molecule has 1 rings (SSSR count). The summed E-state index contributed by atoms with van der Waals surface area (Å²) in [6, 6.07) is 0. The number of carbonyl (C=O) groups excluding carboxylic acids is 1. The van der Waals surface area contributed by atoms with Gasteiger partial charge in [-0.25, -0.2) is 0 Å². The van der Waals surface area contributed by atoms with Crippen molar-refractivity contribution in [3.63, 3.8) is 0 Å². The Labute approximate surface area is 398 Å². The Morgan fingerprint density at radius 2 is 0.938 bits per heavy atom. The molecule has 4 N–H and O–H groups in total. The molecule has 1 aliphatic rings. The number of unbranched alkanes of at least 4 members (excludes halogenated alkanes) is 25. The summed E-state index contributed by atoms with van der Waals surface area (Å²) in [4.78, 5) is 12.8. The molecule has 0 radical (unpaired) electrons. The lowest BCUT2D eigenvalue weighted by Crippen LogP contribution is -2.59. The minimum Gasteiger partial charge on any atom is -0.457 e. The average molecular weight is 917 g/mol. The van der Waals surface area contributed by atoms with Crippen LogP contribution in [0.3, 0.4) is 0 Å². The van der Waals surface area contributed by atoms with Crippen LogP contribution in [0.1, 0.15) is 226 Å². The van der Waals surface area contributed by atoms with E-state index in [2.05, 4.69) is 74.6 Å². The molecule has 1 fully saturated rings. The smallest absolute Gasteiger partial charge is 0.306 e. The zero-order valence-electron chi connectivity index (χ0n) is 41.7. The lowest BCUT2D eigenvalue weighted by atomic mass is 9.99. The van der Waals surface area contributed by atoms with E-state index in [0.717, 1.165) is 57.8 Å². The van der Waals surface area contributed by atoms with Gasteiger partial charge in [0.05, 0.1) is 19.8 Å². The summed E-state index contributed by atoms with van der Waals surface area (Å²) in [7, 11) is 0. The van der Waals surface area contributed by atoms with Gasteiger partial charge in [-0.2, -0.15) is 0 Å². The fourth-order valence-electron chi connectivity index (χ4n) is 8.01. The van der Waals surface area contributed by atoms with Crippen LogP contribution in [-0.2, 0) is 23.7 Å². The Morgan fingerprint density at radius 3 is 1.43 bits per heavy atom. The maximum Gasteiger partial charge on any atom is 0.306 e. The average Bonchev–Trinajstić information content (AvgIpc) is 3.31. The van der Waals surface area contributed by atoms with E-state index in [0.29, 0.717) is 13.0 Å². The number of rotatable bonds is 46. The van der Waals surface area contributed by atoms with Crippen molar-refractivity contribution in [2.75, 3.05) is 26.4 Å². The fraction of sp³-hybridized carbons (Fsp3) is 0.804. The minimum absolute atomic E-state index is 0.117. The first-order valence-corrected chi connectivity index (χ1v) is 26.9. The molecule has 6 atom stereocenters. The summed E-state index contributed by atoms with van der Waals surface area (Å²) in [5.74, 6) is -0.318. The third kappa shape index (κ3) is 37.5. The van der Waals surface area contributed by atoms with Crippen molar-refractivity contribution in [3.8, 4) is 0 Å². The predicted molar refractivity (Wildman–Crippen MR) is 270 cm³/mol. The van der Waals surface area contributed by atoms with E-state index in [1.165, 1.54) is 148 Å². The normalized spacial score (nSPS) is 19.9. The van der Waals surface area contributed by atoms with Gasteiger partial charge >= 0.3 is 5.97 Å². The van der Waals surface area contributed by atoms with Gasteiger partial charge in [0.2, 0.25) is 0 Å². The second-order valence-electron chi connectivity index (χ2n) is 18.3. The van der Waals surface area contributed by atoms with E-state index in [1.807, 2.05) is 0 Å². The first-order valence-electron chi connectivity index (χ1n) is 26.9. The van der Waals surface area contributed by atoms with Gasteiger partial charge in [0.25, 0.3) is 0 Å². The van der Waals surface area contributed by atoms with Crippen LogP contribution < -0.4 is 0 Å². The van der Waals surface area contributed by atoms with Crippen LogP contribution >= 0.6 is 0 Å². The van der Waals surface area contributed by atoms with Gasteiger partial charge in [0.15, 0.2) is 6.29 Å². The minimum atomic E-state index is -1.54. The zero-order chi connectivity index (χ0) is 47.1. The molecule has 1 aliphatic heterocycles. The van der Waals surface area contributed by atoms with Crippen molar-refractivity contribution in [2.45, 2.75) is 263 Å². The number of aliphatic hydroxyl groups is 4. The van der Waals surface area contributed by atoms with E-state index in [4.69, 9.17) is 18.9 Å². The topological polar surface area (TPSA) is 135 Å². The highest BCUT2D eigenvalue weighted by Gasteiger charge is 2.44. The molecular formula is C56H100O9. The molecular weight excluding hydrogens is 817 g/mol. The Hall–Kier alpha value is -2.11. The van der Waals surface area contributed by atoms with Crippen LogP contribution in [0.4, 0.5) is 0 Å². The quantitative estimate of drug-likeness (QED) is 0.0267. The van der Waals surface area contributed by atoms with Crippen molar-refractivity contribution in [1.29, 1.82) is 0 Å². The van der Waals surface area contributed by atoms with Gasteiger partial charge < -0.3 is 39.4 Å². The SMILES string of the molecule is CC/C=C\C/C=C\C/C=C\C/C=C\CCCCCCCCCCCCCOCC(COC1OC(CO)C(O)C(O)C1O)OC(=O)CCCCCCCCC/C=C\CCCCCCCCC. The molecule has 0 aliphatic carbocycles. The van der Waals surface area contributed by atoms with Crippen LogP contribution in [0.15, 0.2) is 60.8 Å². The number of esters is 1. The van der Waals surface area contributed by atoms with E-state index in [1.54, 1.807) is 0 Å². The molecule has 0 bridgehead atoms. The van der Waals surface area contributed by atoms with Gasteiger partial charge in [-0.15, -0.1) is 0 Å². The summed E-state index contributed by atoms with van der Waals surface area (Å²) in [5.41, 5.74) is 0. The maximum absolute atomic E-state index is 12.8. The molecule has 0 spiro atoms. The monoisotopic (exact) mass is 917 g/mol. The Kier molecular flexibility index (Phi) is 44.0. The standard InChI is InChI=1S/C56H100O9/c1-3-5-7-9-11-13-15-17-19-21-23-24-25-26-27-28-30-32-34-36-38-40-42-44-46-62-48-50(49-63-56-55(61)54(60)53(59)51(47-57)65-56)64-52(58)45-43-41-39-37-35-33-31-29-22-20-18-16-14-12-10-8-6-4-2/h5,7,11,13,17,19-20,22-24,50-51,53-57,59-61H,3-4,6,8-10,12,14-16,18,21,25-49H2,1-2H3/b7-5-,13-11-,19-17-,22-20-,24-23-. The van der Waals surface area contributed by atoms with Gasteiger partial charge in [0, 0.05) is 13.0 Å². The highest BCUT2D eigenvalue weighted by molar-refractivity contribution is 5.69. The van der Waals surface area contributed by atoms with Crippen molar-refractivity contribution >= 4 is 5.97 Å². The zero-order valence-corrected chi connectivity index (χ0v) is 41.7. The molecule has 0 aromatic rings. The van der Waals surface area contributed by atoms with Gasteiger partial charge in [-0.3, -0.25) is 4.79 Å². The first kappa shape index (κ1) is 60.9. The molecule has 0 amide bonds. The summed E-state index contributed by atoms with van der Waals surface area (Å²) in [6.07, 6.45) is 54.0. The summed E-state index contributed by atoms with van der Waals surface area (Å²) in [5, 5.41) is 40.3. The fourth-order valence-corrected chi connectivity index (χ4v) is 8.01. The van der Waals surface area contributed by atoms with Crippen molar-refractivity contribution in [2.24, 2.45) is 0 Å². The van der Waals surface area contributed by atoms with Crippen LogP contribution in [-0.4, -0.2) is 89.6 Å². The second-order valence-corrected chi connectivity index (χ2v) is 18.3. The lowest BCUT2D eigenvalue weighted by Gasteiger charge is -2.39. The van der Waals surface area contributed by atoms with E-state index >= 15 is 0 Å². The molecule has 0 aromatic heterocycles. The second kappa shape index (κ2) is 47.0. The molecule has 1 saturated heterocycles. The van der Waals surface area contributed by atoms with Crippen LogP contribution in [0, 0.1) is 0 Å². The molecule has 378 valence electrons. The number of hydrogen-bond acceptors (Lipinski definition) is 9. The van der Waals surface area contributed by atoms with Gasteiger partial charge in [0.1, 0.15) is 30.5 Å². The molecule has 65 heavy (non-hydrogen) atoms. The Bertz CT molecular complexity index is 1180. The van der Waals surface area contributed by atoms with Gasteiger partial charge in [-0.05, 0) is 77.0 Å². The predicted octanol–water partition coefficient (Wildman–Crippen LogP) is 13.4. The van der Waals surface area contributed by atoms with Crippen LogP contribution in [0.2, 0.25) is 0 Å². The number of allylic oxidation sites excluding steroid dienone is 10. The Morgan fingerprint density at radius 1 is 0.508 bits per heavy atom. The van der Waals surface area contributed by atoms with Crippen molar-refractivity contribution in [3.05, 3.63) is 60.8 Å². The molecule has 1 heterocycles. The summed E-state index contributed by atoms with van der Waals surface area (Å²) >= 11 is 0. The largest absolute Gasteiger partial charge is 0.457 e. The van der Waals surface area contributed by atoms with E-state index in [-0.39, 0.29) is 19.2 Å². The highest BCUT2D eigenvalue weighted by atomic mass is 16.7. The molecule has 0 aromatic carbocycles. The number of ether oxygens (including phenoxy) is 4. The van der Waals surface area contributed by atoms with Crippen molar-refractivity contribution < 1.29 is 44.2 Å². The number of hydrogen-bond donors (Lipinski definition) is 4. The highest BCUT2D eigenvalue weighted by Crippen LogP contribution is 2.23. The number of carbonyl (C=O) groups is 1. The van der Waals surface area contributed by atoms with Crippen LogP contribution in [0.5, 0.6) is 0 Å². The molecule has 9 nitrogen and oxygen atoms in total. The third-order valence-electron chi connectivity index (χ3n) is 12.2. The number of aliphatic hydroxyl groups excluding tert-OH is 4. The molecule has 9 heteroatoms. The Balaban J connectivity index is 2.18.